The van der Waals surface area contributed by atoms with Crippen molar-refractivity contribution in [3.63, 3.8) is 0 Å². The molecular weight excluding hydrogens is 234 g/mol. The summed E-state index contributed by atoms with van der Waals surface area (Å²) in [6, 6.07) is 2.79. The first-order valence-corrected chi connectivity index (χ1v) is 4.83. The van der Waals surface area contributed by atoms with E-state index in [-0.39, 0.29) is 17.1 Å². The van der Waals surface area contributed by atoms with Crippen LogP contribution in [0.4, 0.5) is 5.69 Å². The number of benzene rings is 1. The molecule has 0 saturated carbocycles. The summed E-state index contributed by atoms with van der Waals surface area (Å²) in [4.78, 5) is 21.3. The lowest BCUT2D eigenvalue weighted by atomic mass is 10.0. The van der Waals surface area contributed by atoms with Crippen LogP contribution in [-0.2, 0) is 16.0 Å². The standard InChI is InChI=1S/C10H10ClNO4/c1-6-7(4-10(13)16-2)3-8(11)5-9(6)12(14)15/h3,5H,4H2,1-2H3. The molecule has 1 rings (SSSR count). The largest absolute Gasteiger partial charge is 0.469 e. The van der Waals surface area contributed by atoms with Gasteiger partial charge >= 0.3 is 5.97 Å². The van der Waals surface area contributed by atoms with E-state index in [9.17, 15) is 14.9 Å². The number of methoxy groups -OCH3 is 1. The Labute approximate surface area is 97.1 Å². The first-order valence-electron chi connectivity index (χ1n) is 4.46. The smallest absolute Gasteiger partial charge is 0.309 e. The van der Waals surface area contributed by atoms with Gasteiger partial charge in [-0.25, -0.2) is 0 Å². The molecule has 0 aromatic heterocycles. The Morgan fingerprint density at radius 2 is 2.19 bits per heavy atom. The van der Waals surface area contributed by atoms with Crippen molar-refractivity contribution >= 4 is 23.3 Å². The molecule has 0 spiro atoms. The molecule has 0 unspecified atom stereocenters. The van der Waals surface area contributed by atoms with Gasteiger partial charge in [0.05, 0.1) is 18.5 Å². The van der Waals surface area contributed by atoms with Crippen LogP contribution < -0.4 is 0 Å². The number of nitro benzene ring substituents is 1. The Hall–Kier alpha value is -1.62. The number of rotatable bonds is 3. The molecule has 16 heavy (non-hydrogen) atoms. The molecule has 5 nitrogen and oxygen atoms in total. The summed E-state index contributed by atoms with van der Waals surface area (Å²) >= 11 is 5.74. The number of hydrogen-bond acceptors (Lipinski definition) is 4. The minimum atomic E-state index is -0.526. The number of nitrogens with zero attached hydrogens (tertiary/aromatic N) is 1. The van der Waals surface area contributed by atoms with Crippen LogP contribution in [0, 0.1) is 17.0 Å². The van der Waals surface area contributed by atoms with Crippen molar-refractivity contribution in [2.75, 3.05) is 7.11 Å². The second-order valence-electron chi connectivity index (χ2n) is 3.22. The molecular formula is C10H10ClNO4. The third-order valence-electron chi connectivity index (χ3n) is 2.21. The van der Waals surface area contributed by atoms with Gasteiger partial charge in [0.15, 0.2) is 0 Å². The Kier molecular flexibility index (Phi) is 3.84. The minimum absolute atomic E-state index is 0.0241. The minimum Gasteiger partial charge on any atom is -0.469 e. The summed E-state index contributed by atoms with van der Waals surface area (Å²) in [6.45, 7) is 1.58. The van der Waals surface area contributed by atoms with Gasteiger partial charge in [-0.05, 0) is 18.6 Å². The summed E-state index contributed by atoms with van der Waals surface area (Å²) in [6.07, 6.45) is -0.0241. The lowest BCUT2D eigenvalue weighted by Gasteiger charge is -2.06. The molecule has 1 aromatic carbocycles. The predicted molar refractivity (Wildman–Crippen MR) is 58.6 cm³/mol. The average molecular weight is 244 g/mol. The van der Waals surface area contributed by atoms with Crippen LogP contribution in [-0.4, -0.2) is 18.0 Å². The highest BCUT2D eigenvalue weighted by atomic mass is 35.5. The number of nitro groups is 1. The molecule has 86 valence electrons. The highest BCUT2D eigenvalue weighted by molar-refractivity contribution is 6.30. The molecule has 0 N–H and O–H groups in total. The van der Waals surface area contributed by atoms with Gasteiger partial charge in [-0.15, -0.1) is 0 Å². The maximum absolute atomic E-state index is 11.1. The molecule has 0 amide bonds. The number of halogens is 1. The van der Waals surface area contributed by atoms with Gasteiger partial charge in [-0.3, -0.25) is 14.9 Å². The van der Waals surface area contributed by atoms with Gasteiger partial charge in [0.25, 0.3) is 5.69 Å². The Morgan fingerprint density at radius 1 is 1.56 bits per heavy atom. The fraction of sp³-hybridized carbons (Fsp3) is 0.300. The summed E-state index contributed by atoms with van der Waals surface area (Å²) in [5.41, 5.74) is 0.845. The van der Waals surface area contributed by atoms with E-state index in [2.05, 4.69) is 4.74 Å². The van der Waals surface area contributed by atoms with E-state index < -0.39 is 10.9 Å². The SMILES string of the molecule is COC(=O)Cc1cc(Cl)cc([N+](=O)[O-])c1C. The molecule has 0 radical (unpaired) electrons. The zero-order chi connectivity index (χ0) is 12.3. The van der Waals surface area contributed by atoms with E-state index in [0.717, 1.165) is 0 Å². The van der Waals surface area contributed by atoms with Crippen molar-refractivity contribution in [2.24, 2.45) is 0 Å². The van der Waals surface area contributed by atoms with Crippen molar-refractivity contribution in [3.8, 4) is 0 Å². The van der Waals surface area contributed by atoms with Gasteiger partial charge in [0.2, 0.25) is 0 Å². The lowest BCUT2D eigenvalue weighted by Crippen LogP contribution is -2.07. The monoisotopic (exact) mass is 243 g/mol. The number of esters is 1. The summed E-state index contributed by atoms with van der Waals surface area (Å²) in [5.74, 6) is -0.459. The molecule has 0 bridgehead atoms. The number of ether oxygens (including phenoxy) is 1. The van der Waals surface area contributed by atoms with Crippen LogP contribution in [0.3, 0.4) is 0 Å². The average Bonchev–Trinajstić information content (AvgIpc) is 2.22. The quantitative estimate of drug-likeness (QED) is 0.464. The van der Waals surface area contributed by atoms with E-state index in [1.54, 1.807) is 6.92 Å². The first-order chi connectivity index (χ1) is 7.45. The highest BCUT2D eigenvalue weighted by Crippen LogP contribution is 2.26. The van der Waals surface area contributed by atoms with E-state index in [1.807, 2.05) is 0 Å². The van der Waals surface area contributed by atoms with Crippen LogP contribution in [0.25, 0.3) is 0 Å². The van der Waals surface area contributed by atoms with E-state index in [0.29, 0.717) is 11.1 Å². The van der Waals surface area contributed by atoms with E-state index in [4.69, 9.17) is 11.6 Å². The lowest BCUT2D eigenvalue weighted by molar-refractivity contribution is -0.385. The van der Waals surface area contributed by atoms with Gasteiger partial charge in [-0.2, -0.15) is 0 Å². The van der Waals surface area contributed by atoms with Gasteiger partial charge < -0.3 is 4.74 Å². The topological polar surface area (TPSA) is 69.4 Å². The summed E-state index contributed by atoms with van der Waals surface area (Å²) < 4.78 is 4.50. The Bertz CT molecular complexity index is 445. The molecule has 0 atom stereocenters. The molecule has 0 fully saturated rings. The third-order valence-corrected chi connectivity index (χ3v) is 2.43. The zero-order valence-corrected chi connectivity index (χ0v) is 9.58. The van der Waals surface area contributed by atoms with Crippen LogP contribution >= 0.6 is 11.6 Å². The van der Waals surface area contributed by atoms with Crippen molar-refractivity contribution in [1.29, 1.82) is 0 Å². The molecule has 0 heterocycles. The van der Waals surface area contributed by atoms with Crippen LogP contribution in [0.2, 0.25) is 5.02 Å². The second-order valence-corrected chi connectivity index (χ2v) is 3.66. The van der Waals surface area contributed by atoms with Gasteiger partial charge in [-0.1, -0.05) is 11.6 Å². The molecule has 0 aliphatic heterocycles. The third kappa shape index (κ3) is 2.70. The fourth-order valence-corrected chi connectivity index (χ4v) is 1.56. The van der Waals surface area contributed by atoms with Crippen LogP contribution in [0.15, 0.2) is 12.1 Å². The maximum Gasteiger partial charge on any atom is 0.309 e. The van der Waals surface area contributed by atoms with Crippen molar-refractivity contribution < 1.29 is 14.5 Å². The summed E-state index contributed by atoms with van der Waals surface area (Å²) in [7, 11) is 1.26. The number of carbonyl (C=O) groups excluding carboxylic acids is 1. The second kappa shape index (κ2) is 4.94. The molecule has 0 aliphatic carbocycles. The number of carbonyl (C=O) groups is 1. The van der Waals surface area contributed by atoms with Crippen LogP contribution in [0.5, 0.6) is 0 Å². The molecule has 0 saturated heterocycles. The van der Waals surface area contributed by atoms with Gasteiger partial charge in [0.1, 0.15) is 0 Å². The summed E-state index contributed by atoms with van der Waals surface area (Å²) in [5, 5.41) is 10.9. The first kappa shape index (κ1) is 12.4. The molecule has 0 aliphatic rings. The number of hydrogen-bond donors (Lipinski definition) is 0. The maximum atomic E-state index is 11.1. The van der Waals surface area contributed by atoms with E-state index in [1.165, 1.54) is 19.2 Å². The normalized spacial score (nSPS) is 9.94. The van der Waals surface area contributed by atoms with Crippen molar-refractivity contribution in [2.45, 2.75) is 13.3 Å². The molecule has 1 aromatic rings. The Balaban J connectivity index is 3.19. The van der Waals surface area contributed by atoms with Gasteiger partial charge in [0, 0.05) is 16.7 Å². The van der Waals surface area contributed by atoms with Crippen molar-refractivity contribution in [3.05, 3.63) is 38.4 Å². The van der Waals surface area contributed by atoms with Crippen molar-refractivity contribution in [1.82, 2.24) is 0 Å². The zero-order valence-electron chi connectivity index (χ0n) is 8.82. The Morgan fingerprint density at radius 3 is 2.69 bits per heavy atom. The highest BCUT2D eigenvalue weighted by Gasteiger charge is 2.17. The molecule has 6 heteroatoms. The predicted octanol–water partition coefficient (Wildman–Crippen LogP) is 2.27. The van der Waals surface area contributed by atoms with Crippen LogP contribution in [0.1, 0.15) is 11.1 Å². The van der Waals surface area contributed by atoms with E-state index >= 15 is 0 Å². The fourth-order valence-electron chi connectivity index (χ4n) is 1.32.